The van der Waals surface area contributed by atoms with Crippen LogP contribution in [-0.4, -0.2) is 5.78 Å². The van der Waals surface area contributed by atoms with Gasteiger partial charge in [0.1, 0.15) is 0 Å². The lowest BCUT2D eigenvalue weighted by Gasteiger charge is -2.53. The minimum atomic E-state index is 0.367. The van der Waals surface area contributed by atoms with Gasteiger partial charge in [0.15, 0.2) is 5.78 Å². The van der Waals surface area contributed by atoms with Crippen LogP contribution in [0.5, 0.6) is 0 Å². The monoisotopic (exact) mass is 260 g/mol. The van der Waals surface area contributed by atoms with Crippen molar-refractivity contribution in [3.63, 3.8) is 0 Å². The lowest BCUT2D eigenvalue weighted by atomic mass is 9.51. The SMILES string of the molecule is Cc1sccc1C(=O)C1C2CC3CC(C2)CC1C3. The molecule has 4 aliphatic rings. The van der Waals surface area contributed by atoms with Gasteiger partial charge in [-0.15, -0.1) is 11.3 Å². The number of thiophene rings is 1. The largest absolute Gasteiger partial charge is 0.294 e. The van der Waals surface area contributed by atoms with Crippen molar-refractivity contribution in [3.05, 3.63) is 21.9 Å². The van der Waals surface area contributed by atoms with Crippen LogP contribution in [0.4, 0.5) is 0 Å². The second-order valence-electron chi connectivity index (χ2n) is 6.71. The molecule has 0 spiro atoms. The quantitative estimate of drug-likeness (QED) is 0.724. The molecule has 1 aromatic heterocycles. The number of rotatable bonds is 2. The van der Waals surface area contributed by atoms with E-state index in [1.54, 1.807) is 11.3 Å². The van der Waals surface area contributed by atoms with Crippen molar-refractivity contribution in [2.45, 2.75) is 39.0 Å². The number of carbonyl (C=O) groups is 1. The normalized spacial score (nSPS) is 41.3. The third-order valence-electron chi connectivity index (χ3n) is 5.65. The molecule has 5 rings (SSSR count). The van der Waals surface area contributed by atoms with Gasteiger partial charge in [0.2, 0.25) is 0 Å². The van der Waals surface area contributed by atoms with Gasteiger partial charge < -0.3 is 0 Å². The number of ketones is 1. The summed E-state index contributed by atoms with van der Waals surface area (Å²) < 4.78 is 0. The van der Waals surface area contributed by atoms with Crippen LogP contribution in [0.15, 0.2) is 11.4 Å². The first-order chi connectivity index (χ1) is 8.72. The van der Waals surface area contributed by atoms with Gasteiger partial charge in [-0.05, 0) is 74.1 Å². The van der Waals surface area contributed by atoms with E-state index in [9.17, 15) is 4.79 Å². The molecule has 0 radical (unpaired) electrons. The average molecular weight is 260 g/mol. The number of Topliss-reactive ketones (excluding diaryl/α,β-unsaturated/α-hetero) is 1. The van der Waals surface area contributed by atoms with Crippen molar-refractivity contribution >= 4 is 17.1 Å². The molecule has 0 saturated heterocycles. The maximum Gasteiger partial charge on any atom is 0.167 e. The first-order valence-corrected chi connectivity index (χ1v) is 8.18. The van der Waals surface area contributed by atoms with Gasteiger partial charge >= 0.3 is 0 Å². The van der Waals surface area contributed by atoms with E-state index in [4.69, 9.17) is 0 Å². The lowest BCUT2D eigenvalue weighted by molar-refractivity contribution is -0.0251. The Morgan fingerprint density at radius 2 is 1.72 bits per heavy atom. The van der Waals surface area contributed by atoms with Crippen molar-refractivity contribution in [1.82, 2.24) is 0 Å². The summed E-state index contributed by atoms with van der Waals surface area (Å²) in [4.78, 5) is 14.0. The third kappa shape index (κ3) is 1.54. The zero-order chi connectivity index (χ0) is 12.3. The minimum Gasteiger partial charge on any atom is -0.294 e. The molecule has 2 heteroatoms. The first-order valence-electron chi connectivity index (χ1n) is 7.30. The zero-order valence-electron chi connectivity index (χ0n) is 10.9. The maximum absolute atomic E-state index is 12.8. The van der Waals surface area contributed by atoms with E-state index in [1.807, 2.05) is 6.07 Å². The number of aryl methyl sites for hydroxylation is 1. The molecule has 4 fully saturated rings. The molecule has 4 saturated carbocycles. The van der Waals surface area contributed by atoms with Crippen LogP contribution in [0.3, 0.4) is 0 Å². The van der Waals surface area contributed by atoms with Gasteiger partial charge in [0.05, 0.1) is 0 Å². The second kappa shape index (κ2) is 3.93. The van der Waals surface area contributed by atoms with Crippen LogP contribution in [0.2, 0.25) is 0 Å². The third-order valence-corrected chi connectivity index (χ3v) is 6.50. The topological polar surface area (TPSA) is 17.1 Å². The molecule has 0 unspecified atom stereocenters. The van der Waals surface area contributed by atoms with Crippen molar-refractivity contribution in [2.75, 3.05) is 0 Å². The molecular formula is C16H20OS. The van der Waals surface area contributed by atoms with Gasteiger partial charge in [0, 0.05) is 16.4 Å². The Morgan fingerprint density at radius 1 is 1.11 bits per heavy atom. The average Bonchev–Trinajstić information content (AvgIpc) is 2.73. The molecule has 0 aromatic carbocycles. The zero-order valence-corrected chi connectivity index (χ0v) is 11.7. The predicted molar refractivity (Wildman–Crippen MR) is 73.9 cm³/mol. The summed E-state index contributed by atoms with van der Waals surface area (Å²) in [5, 5.41) is 2.07. The molecule has 1 heterocycles. The van der Waals surface area contributed by atoms with Crippen molar-refractivity contribution in [1.29, 1.82) is 0 Å². The predicted octanol–water partition coefficient (Wildman–Crippen LogP) is 4.31. The van der Waals surface area contributed by atoms with E-state index in [0.717, 1.165) is 17.4 Å². The fraction of sp³-hybridized carbons (Fsp3) is 0.688. The fourth-order valence-electron chi connectivity index (χ4n) is 5.17. The van der Waals surface area contributed by atoms with Crippen LogP contribution in [0, 0.1) is 36.5 Å². The molecule has 96 valence electrons. The Morgan fingerprint density at radius 3 is 2.22 bits per heavy atom. The Balaban J connectivity index is 1.65. The summed E-state index contributed by atoms with van der Waals surface area (Å²) in [6.07, 6.45) is 6.82. The second-order valence-corrected chi connectivity index (χ2v) is 7.83. The standard InChI is InChI=1S/C16H20OS/c1-9-14(2-3-18-9)16(17)15-12-5-10-4-11(7-12)8-13(15)6-10/h2-3,10-13,15H,4-8H2,1H3. The van der Waals surface area contributed by atoms with Gasteiger partial charge in [-0.3, -0.25) is 4.79 Å². The first kappa shape index (κ1) is 11.2. The number of hydrogen-bond acceptors (Lipinski definition) is 2. The Hall–Kier alpha value is -0.630. The summed E-state index contributed by atoms with van der Waals surface area (Å²) in [7, 11) is 0. The van der Waals surface area contributed by atoms with E-state index in [0.29, 0.717) is 23.5 Å². The highest BCUT2D eigenvalue weighted by atomic mass is 32.1. The molecule has 1 nitrogen and oxygen atoms in total. The van der Waals surface area contributed by atoms with Crippen LogP contribution in [0.1, 0.15) is 47.3 Å². The van der Waals surface area contributed by atoms with Gasteiger partial charge in [-0.25, -0.2) is 0 Å². The van der Waals surface area contributed by atoms with Crippen molar-refractivity contribution in [2.24, 2.45) is 29.6 Å². The Kier molecular flexibility index (Phi) is 2.45. The van der Waals surface area contributed by atoms with E-state index >= 15 is 0 Å². The van der Waals surface area contributed by atoms with Crippen molar-refractivity contribution < 1.29 is 4.79 Å². The molecular weight excluding hydrogens is 240 g/mol. The highest BCUT2D eigenvalue weighted by Gasteiger charge is 2.50. The van der Waals surface area contributed by atoms with E-state index in [-0.39, 0.29) is 0 Å². The molecule has 0 amide bonds. The van der Waals surface area contributed by atoms with Gasteiger partial charge in [0.25, 0.3) is 0 Å². The van der Waals surface area contributed by atoms with Gasteiger partial charge in [-0.2, -0.15) is 0 Å². The molecule has 4 aliphatic carbocycles. The summed E-state index contributed by atoms with van der Waals surface area (Å²) in [5.41, 5.74) is 1.03. The van der Waals surface area contributed by atoms with Crippen molar-refractivity contribution in [3.8, 4) is 0 Å². The van der Waals surface area contributed by atoms with Gasteiger partial charge in [-0.1, -0.05) is 0 Å². The number of hydrogen-bond donors (Lipinski definition) is 0. The van der Waals surface area contributed by atoms with E-state index in [1.165, 1.54) is 37.0 Å². The molecule has 0 N–H and O–H groups in total. The highest BCUT2D eigenvalue weighted by molar-refractivity contribution is 7.10. The Bertz CT molecular complexity index is 459. The van der Waals surface area contributed by atoms with Crippen LogP contribution in [0.25, 0.3) is 0 Å². The fourth-order valence-corrected chi connectivity index (χ4v) is 5.88. The smallest absolute Gasteiger partial charge is 0.167 e. The highest BCUT2D eigenvalue weighted by Crippen LogP contribution is 2.57. The summed E-state index contributed by atoms with van der Waals surface area (Å²) in [5.74, 6) is 4.19. The molecule has 1 aromatic rings. The summed E-state index contributed by atoms with van der Waals surface area (Å²) >= 11 is 1.71. The van der Waals surface area contributed by atoms with Crippen LogP contribution < -0.4 is 0 Å². The molecule has 4 bridgehead atoms. The maximum atomic E-state index is 12.8. The summed E-state index contributed by atoms with van der Waals surface area (Å²) in [6.45, 7) is 2.09. The molecule has 0 aliphatic heterocycles. The van der Waals surface area contributed by atoms with E-state index in [2.05, 4.69) is 12.3 Å². The molecule has 0 atom stereocenters. The van der Waals surface area contributed by atoms with E-state index < -0.39 is 0 Å². The Labute approximate surface area is 113 Å². The number of carbonyl (C=O) groups excluding carboxylic acids is 1. The lowest BCUT2D eigenvalue weighted by Crippen LogP contribution is -2.48. The van der Waals surface area contributed by atoms with Crippen LogP contribution >= 0.6 is 11.3 Å². The minimum absolute atomic E-state index is 0.367. The van der Waals surface area contributed by atoms with Crippen LogP contribution in [-0.2, 0) is 0 Å². The summed E-state index contributed by atoms with van der Waals surface area (Å²) in [6, 6.07) is 2.05. The molecule has 18 heavy (non-hydrogen) atoms.